The minimum Gasteiger partial charge on any atom is -0.481 e. The largest absolute Gasteiger partial charge is 0.481 e. The van der Waals surface area contributed by atoms with Crippen molar-refractivity contribution in [1.29, 1.82) is 0 Å². The molecule has 5 heteroatoms. The van der Waals surface area contributed by atoms with Gasteiger partial charge in [-0.3, -0.25) is 0 Å². The average molecular weight is 319 g/mol. The van der Waals surface area contributed by atoms with Crippen molar-refractivity contribution in [1.82, 2.24) is 15.0 Å². The molecule has 0 amide bonds. The summed E-state index contributed by atoms with van der Waals surface area (Å²) in [6.45, 7) is 0. The number of aromatic nitrogens is 3. The lowest BCUT2D eigenvalue weighted by Crippen LogP contribution is -1.90. The molecular weight excluding hydrogens is 306 g/mol. The Morgan fingerprint density at radius 3 is 2.61 bits per heavy atom. The summed E-state index contributed by atoms with van der Waals surface area (Å²) in [6.07, 6.45) is 3.43. The summed E-state index contributed by atoms with van der Waals surface area (Å²) < 4.78 is 5.11. The molecule has 23 heavy (non-hydrogen) atoms. The van der Waals surface area contributed by atoms with Gasteiger partial charge in [0.05, 0.1) is 23.2 Å². The van der Waals surface area contributed by atoms with E-state index in [0.29, 0.717) is 5.88 Å². The summed E-state index contributed by atoms with van der Waals surface area (Å²) in [7, 11) is 1.61. The quantitative estimate of drug-likeness (QED) is 0.560. The van der Waals surface area contributed by atoms with Gasteiger partial charge in [0.1, 0.15) is 6.33 Å². The topological polar surface area (TPSA) is 47.9 Å². The zero-order valence-electron chi connectivity index (χ0n) is 12.4. The van der Waals surface area contributed by atoms with E-state index in [1.807, 2.05) is 30.5 Å². The Kier molecular flexibility index (Phi) is 3.48. The third-order valence-electron chi connectivity index (χ3n) is 3.67. The lowest BCUT2D eigenvalue weighted by atomic mass is 10.0. The molecule has 4 rings (SSSR count). The summed E-state index contributed by atoms with van der Waals surface area (Å²) in [5.74, 6) is 0.608. The number of benzene rings is 1. The molecule has 0 aliphatic heterocycles. The number of methoxy groups -OCH3 is 1. The van der Waals surface area contributed by atoms with Crippen LogP contribution in [-0.2, 0) is 0 Å². The van der Waals surface area contributed by atoms with E-state index in [-0.39, 0.29) is 0 Å². The third kappa shape index (κ3) is 2.55. The van der Waals surface area contributed by atoms with Crippen LogP contribution in [0.3, 0.4) is 0 Å². The van der Waals surface area contributed by atoms with Gasteiger partial charge in [-0.25, -0.2) is 15.0 Å². The van der Waals surface area contributed by atoms with Gasteiger partial charge in [-0.05, 0) is 35.2 Å². The zero-order valence-corrected chi connectivity index (χ0v) is 13.2. The molecule has 4 aromatic rings. The molecule has 0 atom stereocenters. The van der Waals surface area contributed by atoms with Gasteiger partial charge >= 0.3 is 0 Å². The number of hydrogen-bond acceptors (Lipinski definition) is 5. The van der Waals surface area contributed by atoms with Gasteiger partial charge in [-0.15, -0.1) is 11.3 Å². The molecule has 1 aromatic carbocycles. The van der Waals surface area contributed by atoms with Gasteiger partial charge in [0.25, 0.3) is 0 Å². The van der Waals surface area contributed by atoms with Crippen LogP contribution in [0.25, 0.3) is 32.6 Å². The number of thiophene rings is 1. The van der Waals surface area contributed by atoms with Crippen LogP contribution in [0, 0.1) is 0 Å². The first-order chi connectivity index (χ1) is 11.3. The number of ether oxygens (including phenoxy) is 1. The van der Waals surface area contributed by atoms with E-state index in [1.54, 1.807) is 24.8 Å². The van der Waals surface area contributed by atoms with Crippen molar-refractivity contribution >= 4 is 22.2 Å². The molecule has 0 spiro atoms. The van der Waals surface area contributed by atoms with E-state index in [9.17, 15) is 0 Å². The van der Waals surface area contributed by atoms with Crippen LogP contribution in [-0.4, -0.2) is 22.1 Å². The molecule has 0 aliphatic carbocycles. The van der Waals surface area contributed by atoms with E-state index < -0.39 is 0 Å². The van der Waals surface area contributed by atoms with Crippen LogP contribution in [0.5, 0.6) is 5.88 Å². The van der Waals surface area contributed by atoms with Gasteiger partial charge in [0.15, 0.2) is 0 Å². The maximum absolute atomic E-state index is 5.11. The molecule has 3 heterocycles. The van der Waals surface area contributed by atoms with Crippen molar-refractivity contribution in [3.8, 4) is 27.6 Å². The van der Waals surface area contributed by atoms with E-state index in [2.05, 4.69) is 38.5 Å². The Labute approximate surface area is 137 Å². The van der Waals surface area contributed by atoms with Crippen LogP contribution in [0.2, 0.25) is 0 Å². The second kappa shape index (κ2) is 5.78. The summed E-state index contributed by atoms with van der Waals surface area (Å²) in [5.41, 5.74) is 4.02. The summed E-state index contributed by atoms with van der Waals surface area (Å²) in [6, 6.07) is 14.2. The molecule has 0 unspecified atom stereocenters. The van der Waals surface area contributed by atoms with Crippen molar-refractivity contribution in [2.45, 2.75) is 0 Å². The Balaban J connectivity index is 1.87. The lowest BCUT2D eigenvalue weighted by Gasteiger charge is -2.07. The summed E-state index contributed by atoms with van der Waals surface area (Å²) in [4.78, 5) is 14.3. The van der Waals surface area contributed by atoms with Gasteiger partial charge in [-0.1, -0.05) is 12.1 Å². The molecule has 0 saturated heterocycles. The standard InChI is InChI=1S/C18H13N3OS/c1-22-17-7-5-13(10-19-17)12-4-6-15-14(9-12)18(21-11-20-15)16-3-2-8-23-16/h2-11H,1H3. The zero-order chi connectivity index (χ0) is 15.6. The van der Waals surface area contributed by atoms with Gasteiger partial charge in [0, 0.05) is 23.2 Å². The number of fused-ring (bicyclic) bond motifs is 1. The van der Waals surface area contributed by atoms with Crippen LogP contribution in [0.1, 0.15) is 0 Å². The molecule has 3 aromatic heterocycles. The maximum Gasteiger partial charge on any atom is 0.212 e. The normalized spacial score (nSPS) is 10.8. The maximum atomic E-state index is 5.11. The Bertz CT molecular complexity index is 950. The Morgan fingerprint density at radius 2 is 1.87 bits per heavy atom. The molecule has 0 N–H and O–H groups in total. The third-order valence-corrected chi connectivity index (χ3v) is 4.55. The highest BCUT2D eigenvalue weighted by atomic mass is 32.1. The van der Waals surface area contributed by atoms with Crippen molar-refractivity contribution < 1.29 is 4.74 Å². The average Bonchev–Trinajstić information content (AvgIpc) is 3.15. The predicted octanol–water partition coefficient (Wildman–Crippen LogP) is 4.43. The number of rotatable bonds is 3. The monoisotopic (exact) mass is 319 g/mol. The smallest absolute Gasteiger partial charge is 0.212 e. The van der Waals surface area contributed by atoms with E-state index in [0.717, 1.165) is 32.6 Å². The second-order valence-electron chi connectivity index (χ2n) is 5.02. The minimum atomic E-state index is 0.608. The lowest BCUT2D eigenvalue weighted by molar-refractivity contribution is 0.398. The summed E-state index contributed by atoms with van der Waals surface area (Å²) >= 11 is 1.68. The van der Waals surface area contributed by atoms with Gasteiger partial charge in [-0.2, -0.15) is 0 Å². The molecular formula is C18H13N3OS. The summed E-state index contributed by atoms with van der Waals surface area (Å²) in [5, 5.41) is 3.10. The highest BCUT2D eigenvalue weighted by Gasteiger charge is 2.09. The molecule has 0 fully saturated rings. The number of pyridine rings is 1. The first kappa shape index (κ1) is 13.8. The van der Waals surface area contributed by atoms with E-state index in [1.165, 1.54) is 0 Å². The molecule has 0 bridgehead atoms. The first-order valence-corrected chi connectivity index (χ1v) is 8.02. The van der Waals surface area contributed by atoms with Crippen molar-refractivity contribution in [2.24, 2.45) is 0 Å². The fourth-order valence-electron chi connectivity index (χ4n) is 2.52. The number of nitrogens with zero attached hydrogens (tertiary/aromatic N) is 3. The van der Waals surface area contributed by atoms with Crippen LogP contribution in [0.15, 0.2) is 60.4 Å². The molecule has 0 radical (unpaired) electrons. The van der Waals surface area contributed by atoms with Crippen molar-refractivity contribution in [2.75, 3.05) is 7.11 Å². The number of hydrogen-bond donors (Lipinski definition) is 0. The van der Waals surface area contributed by atoms with Crippen LogP contribution < -0.4 is 4.74 Å². The molecule has 0 aliphatic rings. The Hall–Kier alpha value is -2.79. The molecule has 112 valence electrons. The van der Waals surface area contributed by atoms with E-state index >= 15 is 0 Å². The second-order valence-corrected chi connectivity index (χ2v) is 5.97. The van der Waals surface area contributed by atoms with E-state index in [4.69, 9.17) is 4.74 Å². The van der Waals surface area contributed by atoms with Gasteiger partial charge in [0.2, 0.25) is 5.88 Å². The SMILES string of the molecule is COc1ccc(-c2ccc3ncnc(-c4cccs4)c3c2)cn1. The van der Waals surface area contributed by atoms with Gasteiger partial charge < -0.3 is 4.74 Å². The van der Waals surface area contributed by atoms with Crippen molar-refractivity contribution in [3.05, 3.63) is 60.4 Å². The molecule has 0 saturated carbocycles. The highest BCUT2D eigenvalue weighted by Crippen LogP contribution is 2.31. The molecule has 4 nitrogen and oxygen atoms in total. The minimum absolute atomic E-state index is 0.608. The fourth-order valence-corrected chi connectivity index (χ4v) is 3.25. The highest BCUT2D eigenvalue weighted by molar-refractivity contribution is 7.13. The first-order valence-electron chi connectivity index (χ1n) is 7.14. The predicted molar refractivity (Wildman–Crippen MR) is 92.6 cm³/mol. The van der Waals surface area contributed by atoms with Crippen LogP contribution in [0.4, 0.5) is 0 Å². The Morgan fingerprint density at radius 1 is 0.957 bits per heavy atom. The van der Waals surface area contributed by atoms with Crippen molar-refractivity contribution in [3.63, 3.8) is 0 Å². The van der Waals surface area contributed by atoms with Crippen LogP contribution >= 0.6 is 11.3 Å². The fraction of sp³-hybridized carbons (Fsp3) is 0.0556.